The first-order valence-corrected chi connectivity index (χ1v) is 14.5. The molecule has 1 aliphatic heterocycles. The molecule has 1 aromatic rings. The van der Waals surface area contributed by atoms with Crippen LogP contribution < -0.4 is 10.1 Å². The van der Waals surface area contributed by atoms with Crippen LogP contribution in [-0.4, -0.2) is 82.4 Å². The van der Waals surface area contributed by atoms with Gasteiger partial charge in [-0.15, -0.1) is 0 Å². The van der Waals surface area contributed by atoms with Gasteiger partial charge in [-0.05, 0) is 37.1 Å². The minimum Gasteiger partial charge on any atom is -0.493 e. The van der Waals surface area contributed by atoms with Crippen molar-refractivity contribution in [3.63, 3.8) is 0 Å². The molecule has 1 saturated heterocycles. The molecule has 1 N–H and O–H groups in total. The lowest BCUT2D eigenvalue weighted by atomic mass is 9.96. The highest BCUT2D eigenvalue weighted by molar-refractivity contribution is 7.91. The van der Waals surface area contributed by atoms with Crippen LogP contribution in [0.25, 0.3) is 0 Å². The van der Waals surface area contributed by atoms with Crippen LogP contribution in [0.4, 0.5) is 4.79 Å². The van der Waals surface area contributed by atoms with E-state index in [1.54, 1.807) is 11.8 Å². The quantitative estimate of drug-likeness (QED) is 0.599. The zero-order chi connectivity index (χ0) is 23.2. The van der Waals surface area contributed by atoms with E-state index in [0.29, 0.717) is 18.8 Å². The van der Waals surface area contributed by atoms with Crippen molar-refractivity contribution in [3.8, 4) is 5.75 Å². The van der Waals surface area contributed by atoms with E-state index in [0.717, 1.165) is 25.7 Å². The zero-order valence-corrected chi connectivity index (χ0v) is 20.2. The van der Waals surface area contributed by atoms with Crippen molar-refractivity contribution in [1.29, 1.82) is 0 Å². The van der Waals surface area contributed by atoms with Crippen molar-refractivity contribution >= 4 is 25.9 Å². The Kier molecular flexibility index (Phi) is 8.40. The summed E-state index contributed by atoms with van der Waals surface area (Å²) in [6.45, 7) is 2.79. The van der Waals surface area contributed by atoms with Crippen molar-refractivity contribution in [2.75, 3.05) is 44.3 Å². The maximum atomic E-state index is 13.0. The summed E-state index contributed by atoms with van der Waals surface area (Å²) < 4.78 is 55.8. The van der Waals surface area contributed by atoms with Crippen LogP contribution in [0.5, 0.6) is 5.75 Å². The average Bonchev–Trinajstić information content (AvgIpc) is 2.80. The Balaban J connectivity index is 1.50. The van der Waals surface area contributed by atoms with Crippen LogP contribution in [0.2, 0.25) is 0 Å². The molecule has 2 fully saturated rings. The Hall–Kier alpha value is -1.85. The van der Waals surface area contributed by atoms with Gasteiger partial charge < -0.3 is 15.0 Å². The summed E-state index contributed by atoms with van der Waals surface area (Å²) >= 11 is 0. The number of carbonyl (C=O) groups excluding carboxylic acids is 1. The Labute approximate surface area is 191 Å². The smallest absolute Gasteiger partial charge is 0.317 e. The van der Waals surface area contributed by atoms with Crippen molar-refractivity contribution < 1.29 is 26.4 Å². The number of benzene rings is 1. The third kappa shape index (κ3) is 6.58. The molecule has 9 nitrogen and oxygen atoms in total. The maximum absolute atomic E-state index is 13.0. The van der Waals surface area contributed by atoms with Gasteiger partial charge in [-0.3, -0.25) is 0 Å². The van der Waals surface area contributed by atoms with E-state index >= 15 is 0 Å². The number of rotatable bonds is 8. The number of amides is 2. The van der Waals surface area contributed by atoms with Crippen LogP contribution in [0.1, 0.15) is 39.0 Å². The molecule has 0 atom stereocenters. The minimum absolute atomic E-state index is 0.0210. The number of piperazine rings is 1. The number of sulfone groups is 1. The molecule has 1 aliphatic carbocycles. The van der Waals surface area contributed by atoms with Gasteiger partial charge in [-0.25, -0.2) is 21.6 Å². The monoisotopic (exact) mass is 487 g/mol. The summed E-state index contributed by atoms with van der Waals surface area (Å²) in [6, 6.07) is 6.09. The molecular weight excluding hydrogens is 454 g/mol. The first kappa shape index (κ1) is 24.8. The second-order valence-corrected chi connectivity index (χ2v) is 12.6. The molecule has 180 valence electrons. The van der Waals surface area contributed by atoms with E-state index in [4.69, 9.17) is 4.74 Å². The van der Waals surface area contributed by atoms with Crippen molar-refractivity contribution in [1.82, 2.24) is 14.5 Å². The van der Waals surface area contributed by atoms with Gasteiger partial charge >= 0.3 is 6.03 Å². The summed E-state index contributed by atoms with van der Waals surface area (Å²) in [6.07, 6.45) is 5.51. The van der Waals surface area contributed by atoms with Crippen molar-refractivity contribution in [2.24, 2.45) is 0 Å². The van der Waals surface area contributed by atoms with E-state index < -0.39 is 19.9 Å². The van der Waals surface area contributed by atoms with Gasteiger partial charge in [0.15, 0.2) is 9.84 Å². The molecule has 0 aromatic heterocycles. The molecule has 11 heteroatoms. The molecule has 32 heavy (non-hydrogen) atoms. The summed E-state index contributed by atoms with van der Waals surface area (Å²) in [4.78, 5) is 14.3. The van der Waals surface area contributed by atoms with Gasteiger partial charge in [0.2, 0.25) is 10.0 Å². The van der Waals surface area contributed by atoms with Gasteiger partial charge in [0, 0.05) is 38.0 Å². The van der Waals surface area contributed by atoms with Gasteiger partial charge in [0.05, 0.1) is 10.6 Å². The fraction of sp³-hybridized carbons (Fsp3) is 0.667. The van der Waals surface area contributed by atoms with E-state index in [1.165, 1.54) is 35.0 Å². The Morgan fingerprint density at radius 2 is 1.62 bits per heavy atom. The second kappa shape index (κ2) is 10.8. The van der Waals surface area contributed by atoms with Crippen molar-refractivity contribution in [2.45, 2.75) is 50.0 Å². The Morgan fingerprint density at radius 1 is 1.00 bits per heavy atom. The molecule has 1 heterocycles. The molecule has 2 amide bonds. The first-order chi connectivity index (χ1) is 15.2. The Morgan fingerprint density at radius 3 is 2.22 bits per heavy atom. The largest absolute Gasteiger partial charge is 0.493 e. The number of hydrogen-bond acceptors (Lipinski definition) is 6. The fourth-order valence-electron chi connectivity index (χ4n) is 3.93. The molecule has 0 spiro atoms. The molecule has 1 saturated carbocycles. The highest BCUT2D eigenvalue weighted by atomic mass is 32.2. The van der Waals surface area contributed by atoms with Crippen LogP contribution in [-0.2, 0) is 19.9 Å². The van der Waals surface area contributed by atoms with Crippen LogP contribution >= 0.6 is 0 Å². The molecule has 0 unspecified atom stereocenters. The molecular formula is C21H33N3O6S2. The van der Waals surface area contributed by atoms with E-state index in [1.807, 2.05) is 0 Å². The number of nitrogens with one attached hydrogen (secondary N) is 1. The van der Waals surface area contributed by atoms with Gasteiger partial charge in [-0.2, -0.15) is 4.31 Å². The number of hydrogen-bond donors (Lipinski definition) is 1. The topological polar surface area (TPSA) is 113 Å². The number of ether oxygens (including phenoxy) is 1. The fourth-order valence-corrected chi connectivity index (χ4v) is 5.98. The molecule has 3 rings (SSSR count). The van der Waals surface area contributed by atoms with Crippen LogP contribution in [0, 0.1) is 0 Å². The number of carbonyl (C=O) groups is 1. The van der Waals surface area contributed by atoms with Crippen LogP contribution in [0.15, 0.2) is 29.2 Å². The zero-order valence-electron chi connectivity index (χ0n) is 18.5. The summed E-state index contributed by atoms with van der Waals surface area (Å²) in [5, 5.41) is 3.08. The lowest BCUT2D eigenvalue weighted by Crippen LogP contribution is -2.54. The predicted octanol–water partition coefficient (Wildman–Crippen LogP) is 1.85. The van der Waals surface area contributed by atoms with E-state index in [9.17, 15) is 21.6 Å². The van der Waals surface area contributed by atoms with Gasteiger partial charge in [-0.1, -0.05) is 26.2 Å². The lowest BCUT2D eigenvalue weighted by molar-refractivity contribution is 0.166. The number of urea groups is 1. The van der Waals surface area contributed by atoms with E-state index in [-0.39, 0.29) is 48.2 Å². The molecule has 2 aliphatic rings. The highest BCUT2D eigenvalue weighted by Crippen LogP contribution is 2.22. The molecule has 0 bridgehead atoms. The Bertz CT molecular complexity index is 965. The van der Waals surface area contributed by atoms with E-state index in [2.05, 4.69) is 5.32 Å². The normalized spacial score (nSPS) is 19.0. The minimum atomic E-state index is -3.68. The summed E-state index contributed by atoms with van der Waals surface area (Å²) in [5.41, 5.74) is 0. The summed E-state index contributed by atoms with van der Waals surface area (Å²) in [7, 11) is -6.79. The molecule has 0 radical (unpaired) electrons. The lowest BCUT2D eigenvalue weighted by Gasteiger charge is -2.35. The predicted molar refractivity (Wildman–Crippen MR) is 122 cm³/mol. The van der Waals surface area contributed by atoms with Gasteiger partial charge in [0.1, 0.15) is 12.4 Å². The third-order valence-electron chi connectivity index (χ3n) is 6.02. The number of nitrogens with zero attached hydrogens (tertiary/aromatic N) is 2. The maximum Gasteiger partial charge on any atom is 0.317 e. The number of sulfonamides is 1. The van der Waals surface area contributed by atoms with Gasteiger partial charge in [0.25, 0.3) is 0 Å². The SMILES string of the molecule is CCS(=O)(=O)CCOc1ccc(S(=O)(=O)N2CCN(C(=O)NC3CCCCC3)CC2)cc1. The molecule has 1 aromatic carbocycles. The highest BCUT2D eigenvalue weighted by Gasteiger charge is 2.31. The standard InChI is InChI=1S/C21H33N3O6S2/c1-2-31(26,27)17-16-30-19-8-10-20(11-9-19)32(28,29)24-14-12-23(13-15-24)21(25)22-18-6-4-3-5-7-18/h8-11,18H,2-7,12-17H2,1H3,(H,22,25). The van der Waals surface area contributed by atoms with Crippen molar-refractivity contribution in [3.05, 3.63) is 24.3 Å². The summed E-state index contributed by atoms with van der Waals surface area (Å²) in [5.74, 6) is 0.394. The average molecular weight is 488 g/mol. The first-order valence-electron chi connectivity index (χ1n) is 11.2. The second-order valence-electron chi connectivity index (χ2n) is 8.23. The third-order valence-corrected chi connectivity index (χ3v) is 9.60. The van der Waals surface area contributed by atoms with Crippen LogP contribution in [0.3, 0.4) is 0 Å².